The van der Waals surface area contributed by atoms with Gasteiger partial charge < -0.3 is 15.5 Å². The molecule has 2 heterocycles. The number of para-hydroxylation sites is 1. The van der Waals surface area contributed by atoms with Crippen LogP contribution in [0, 0.1) is 11.9 Å². The zero-order valence-corrected chi connectivity index (χ0v) is 19.6. The van der Waals surface area contributed by atoms with E-state index in [2.05, 4.69) is 75.1 Å². The number of aromatic nitrogens is 1. The van der Waals surface area contributed by atoms with Gasteiger partial charge in [0.2, 0.25) is 11.9 Å². The standard InChI is InChI=1S/C28H33FN4O/c29-27-13-12-23(20-31-27)21-32-28(34)11-6-16-30-19-22-14-17-33(18-15-22)26-10-5-4-9-25(26)24-7-2-1-3-8-24/h1-5,7-10,12-13,20,22,30H,6,11,14-19,21H2,(H,32,34). The molecule has 34 heavy (non-hydrogen) atoms. The average Bonchev–Trinajstić information content (AvgIpc) is 2.89. The number of hydrogen-bond donors (Lipinski definition) is 2. The number of carbonyl (C=O) groups excluding carboxylic acids is 1. The lowest BCUT2D eigenvalue weighted by Gasteiger charge is -2.35. The van der Waals surface area contributed by atoms with E-state index in [9.17, 15) is 9.18 Å². The summed E-state index contributed by atoms with van der Waals surface area (Å²) in [5, 5.41) is 6.39. The zero-order chi connectivity index (χ0) is 23.6. The lowest BCUT2D eigenvalue weighted by molar-refractivity contribution is -0.121. The van der Waals surface area contributed by atoms with Crippen LogP contribution in [0.3, 0.4) is 0 Å². The Hall–Kier alpha value is -3.25. The molecule has 0 radical (unpaired) electrons. The lowest BCUT2D eigenvalue weighted by Crippen LogP contribution is -2.37. The van der Waals surface area contributed by atoms with Crippen molar-refractivity contribution in [2.45, 2.75) is 32.2 Å². The van der Waals surface area contributed by atoms with Gasteiger partial charge in [-0.15, -0.1) is 0 Å². The van der Waals surface area contributed by atoms with E-state index in [1.807, 2.05) is 0 Å². The Labute approximate surface area is 201 Å². The molecule has 1 saturated heterocycles. The molecule has 0 unspecified atom stereocenters. The first-order valence-electron chi connectivity index (χ1n) is 12.2. The minimum absolute atomic E-state index is 0.0107. The largest absolute Gasteiger partial charge is 0.371 e. The van der Waals surface area contributed by atoms with Gasteiger partial charge in [0.15, 0.2) is 0 Å². The minimum atomic E-state index is -0.510. The molecular formula is C28H33FN4O. The summed E-state index contributed by atoms with van der Waals surface area (Å²) in [6.45, 7) is 4.35. The van der Waals surface area contributed by atoms with Crippen molar-refractivity contribution in [3.05, 3.63) is 84.4 Å². The molecule has 2 N–H and O–H groups in total. The van der Waals surface area contributed by atoms with Crippen LogP contribution in [0.1, 0.15) is 31.2 Å². The number of pyridine rings is 1. The Balaban J connectivity index is 1.13. The molecule has 178 valence electrons. The summed E-state index contributed by atoms with van der Waals surface area (Å²) in [4.78, 5) is 18.1. The summed E-state index contributed by atoms with van der Waals surface area (Å²) >= 11 is 0. The van der Waals surface area contributed by atoms with Gasteiger partial charge in [0.1, 0.15) is 0 Å². The Morgan fingerprint density at radius 3 is 2.53 bits per heavy atom. The molecule has 5 nitrogen and oxygen atoms in total. The Kier molecular flexibility index (Phi) is 8.63. The van der Waals surface area contributed by atoms with Crippen LogP contribution in [0.25, 0.3) is 11.1 Å². The highest BCUT2D eigenvalue weighted by Crippen LogP contribution is 2.33. The molecule has 0 aliphatic carbocycles. The van der Waals surface area contributed by atoms with E-state index in [0.717, 1.165) is 38.2 Å². The fourth-order valence-corrected chi connectivity index (χ4v) is 4.47. The maximum absolute atomic E-state index is 12.8. The molecule has 6 heteroatoms. The number of carbonyl (C=O) groups is 1. The summed E-state index contributed by atoms with van der Waals surface area (Å²) in [5.41, 5.74) is 4.68. The number of hydrogen-bond acceptors (Lipinski definition) is 4. The van der Waals surface area contributed by atoms with Crippen LogP contribution in [-0.4, -0.2) is 37.1 Å². The first-order chi connectivity index (χ1) is 16.7. The summed E-state index contributed by atoms with van der Waals surface area (Å²) in [5.74, 6) is 0.167. The van der Waals surface area contributed by atoms with Crippen LogP contribution in [0.4, 0.5) is 10.1 Å². The number of nitrogens with zero attached hydrogens (tertiary/aromatic N) is 2. The van der Waals surface area contributed by atoms with Crippen LogP contribution in [-0.2, 0) is 11.3 Å². The van der Waals surface area contributed by atoms with E-state index in [0.29, 0.717) is 18.9 Å². The first-order valence-corrected chi connectivity index (χ1v) is 12.2. The van der Waals surface area contributed by atoms with Gasteiger partial charge in [-0.25, -0.2) is 4.98 Å². The van der Waals surface area contributed by atoms with E-state index in [-0.39, 0.29) is 5.91 Å². The van der Waals surface area contributed by atoms with Crippen molar-refractivity contribution in [1.29, 1.82) is 0 Å². The van der Waals surface area contributed by atoms with Gasteiger partial charge in [-0.05, 0) is 61.5 Å². The third-order valence-corrected chi connectivity index (χ3v) is 6.41. The van der Waals surface area contributed by atoms with E-state index in [4.69, 9.17) is 0 Å². The summed E-state index contributed by atoms with van der Waals surface area (Å²) in [6.07, 6.45) is 5.07. The number of rotatable bonds is 10. The van der Waals surface area contributed by atoms with Crippen molar-refractivity contribution in [3.63, 3.8) is 0 Å². The molecule has 1 fully saturated rings. The fraction of sp³-hybridized carbons (Fsp3) is 0.357. The molecule has 1 amide bonds. The molecule has 0 bridgehead atoms. The molecule has 0 saturated carbocycles. The number of benzene rings is 2. The fourth-order valence-electron chi connectivity index (χ4n) is 4.47. The highest BCUT2D eigenvalue weighted by molar-refractivity contribution is 5.78. The van der Waals surface area contributed by atoms with Gasteiger partial charge >= 0.3 is 0 Å². The highest BCUT2D eigenvalue weighted by atomic mass is 19.1. The predicted molar refractivity (Wildman–Crippen MR) is 135 cm³/mol. The topological polar surface area (TPSA) is 57.3 Å². The van der Waals surface area contributed by atoms with Crippen LogP contribution in [0.5, 0.6) is 0 Å². The van der Waals surface area contributed by atoms with Crippen molar-refractivity contribution in [1.82, 2.24) is 15.6 Å². The van der Waals surface area contributed by atoms with Crippen LogP contribution >= 0.6 is 0 Å². The second kappa shape index (κ2) is 12.3. The third-order valence-electron chi connectivity index (χ3n) is 6.41. The van der Waals surface area contributed by atoms with Gasteiger partial charge in [-0.3, -0.25) is 4.79 Å². The second-order valence-electron chi connectivity index (χ2n) is 8.89. The van der Waals surface area contributed by atoms with Crippen molar-refractivity contribution in [3.8, 4) is 11.1 Å². The zero-order valence-electron chi connectivity index (χ0n) is 19.6. The van der Waals surface area contributed by atoms with Crippen molar-refractivity contribution in [2.75, 3.05) is 31.1 Å². The molecule has 2 aromatic carbocycles. The molecule has 0 spiro atoms. The minimum Gasteiger partial charge on any atom is -0.371 e. The van der Waals surface area contributed by atoms with Gasteiger partial charge in [0.05, 0.1) is 0 Å². The average molecular weight is 461 g/mol. The van der Waals surface area contributed by atoms with Gasteiger partial charge in [0.25, 0.3) is 0 Å². The van der Waals surface area contributed by atoms with Crippen molar-refractivity contribution >= 4 is 11.6 Å². The van der Waals surface area contributed by atoms with Crippen LogP contribution in [0.15, 0.2) is 72.9 Å². The number of nitrogens with one attached hydrogen (secondary N) is 2. The summed E-state index contributed by atoms with van der Waals surface area (Å²) in [7, 11) is 0. The van der Waals surface area contributed by atoms with Crippen molar-refractivity contribution < 1.29 is 9.18 Å². The molecule has 3 aromatic rings. The van der Waals surface area contributed by atoms with Crippen molar-refractivity contribution in [2.24, 2.45) is 5.92 Å². The summed E-state index contributed by atoms with van der Waals surface area (Å²) < 4.78 is 12.8. The number of piperidine rings is 1. The number of halogens is 1. The van der Waals surface area contributed by atoms with Crippen LogP contribution < -0.4 is 15.5 Å². The maximum Gasteiger partial charge on any atom is 0.220 e. The van der Waals surface area contributed by atoms with E-state index >= 15 is 0 Å². The monoisotopic (exact) mass is 460 g/mol. The second-order valence-corrected chi connectivity index (χ2v) is 8.89. The predicted octanol–water partition coefficient (Wildman–Crippen LogP) is 4.79. The normalized spacial score (nSPS) is 14.2. The lowest BCUT2D eigenvalue weighted by atomic mass is 9.95. The molecule has 1 aliphatic heterocycles. The van der Waals surface area contributed by atoms with E-state index < -0.39 is 5.95 Å². The quantitative estimate of drug-likeness (QED) is 0.337. The van der Waals surface area contributed by atoms with E-state index in [1.165, 1.54) is 41.9 Å². The Bertz CT molecular complexity index is 1030. The molecular weight excluding hydrogens is 427 g/mol. The molecule has 1 aromatic heterocycles. The third kappa shape index (κ3) is 6.87. The number of anilines is 1. The first kappa shape index (κ1) is 23.9. The molecule has 4 rings (SSSR count). The maximum atomic E-state index is 12.8. The van der Waals surface area contributed by atoms with Crippen LogP contribution in [0.2, 0.25) is 0 Å². The van der Waals surface area contributed by atoms with Gasteiger partial charge in [-0.1, -0.05) is 54.6 Å². The van der Waals surface area contributed by atoms with Gasteiger partial charge in [-0.2, -0.15) is 4.39 Å². The smallest absolute Gasteiger partial charge is 0.220 e. The molecule has 1 aliphatic rings. The van der Waals surface area contributed by atoms with E-state index in [1.54, 1.807) is 6.07 Å². The Morgan fingerprint density at radius 2 is 1.76 bits per heavy atom. The molecule has 0 atom stereocenters. The SMILES string of the molecule is O=C(CCCNCC1CCN(c2ccccc2-c2ccccc2)CC1)NCc1ccc(F)nc1. The summed E-state index contributed by atoms with van der Waals surface area (Å²) in [6, 6.07) is 22.2. The highest BCUT2D eigenvalue weighted by Gasteiger charge is 2.21. The Morgan fingerprint density at radius 1 is 1.00 bits per heavy atom. The van der Waals surface area contributed by atoms with Gasteiger partial charge in [0, 0.05) is 43.5 Å². The number of amides is 1.